The van der Waals surface area contributed by atoms with Crippen LogP contribution >= 0.6 is 0 Å². The summed E-state index contributed by atoms with van der Waals surface area (Å²) in [6, 6.07) is 30.4. The van der Waals surface area contributed by atoms with Gasteiger partial charge in [0, 0.05) is 48.3 Å². The minimum atomic E-state index is -2.21. The molecule has 0 unspecified atom stereocenters. The van der Waals surface area contributed by atoms with Crippen molar-refractivity contribution in [1.29, 1.82) is 0 Å². The second kappa shape index (κ2) is 19.7. The summed E-state index contributed by atoms with van der Waals surface area (Å²) >= 11 is 0. The number of nitrogens with two attached hydrogens (primary N) is 1. The van der Waals surface area contributed by atoms with E-state index < -0.39 is 14.4 Å². The molecule has 0 bridgehead atoms. The molecule has 7 N–H and O–H groups in total. The summed E-state index contributed by atoms with van der Waals surface area (Å²) in [5, 5.41) is 20.8. The number of nitrogens with one attached hydrogen (secondary N) is 4. The van der Waals surface area contributed by atoms with Crippen LogP contribution in [0.15, 0.2) is 108 Å². The van der Waals surface area contributed by atoms with Gasteiger partial charge >= 0.3 is 6.09 Å². The summed E-state index contributed by atoms with van der Waals surface area (Å²) in [7, 11) is -2.21. The number of H-pyrrole nitrogens is 1. The Hall–Kier alpha value is -5.53. The molecule has 6 rings (SSSR count). The highest BCUT2D eigenvalue weighted by Gasteiger charge is 2.39. The van der Waals surface area contributed by atoms with E-state index in [1.54, 1.807) is 12.1 Å². The maximum atomic E-state index is 13.0. The van der Waals surface area contributed by atoms with Crippen LogP contribution < -0.4 is 27.2 Å². The maximum absolute atomic E-state index is 13.0. The lowest BCUT2D eigenvalue weighted by Gasteiger charge is -2.39. The monoisotopic (exact) mass is 829 g/mol. The van der Waals surface area contributed by atoms with Crippen molar-refractivity contribution in [3.05, 3.63) is 130 Å². The van der Waals surface area contributed by atoms with E-state index in [1.165, 1.54) is 6.07 Å². The minimum Gasteiger partial charge on any atom is -0.506 e. The van der Waals surface area contributed by atoms with Crippen LogP contribution in [0.2, 0.25) is 18.1 Å². The number of carbonyl (C=O) groups is 2. The molecule has 60 heavy (non-hydrogen) atoms. The lowest BCUT2D eigenvalue weighted by Crippen LogP contribution is -2.43. The first-order valence-corrected chi connectivity index (χ1v) is 23.8. The number of anilines is 2. The summed E-state index contributed by atoms with van der Waals surface area (Å²) in [5.74, 6) is -0.0736. The van der Waals surface area contributed by atoms with Crippen LogP contribution in [0.1, 0.15) is 82.1 Å². The lowest BCUT2D eigenvalue weighted by molar-refractivity contribution is -0.116. The van der Waals surface area contributed by atoms with Gasteiger partial charge in [-0.2, -0.15) is 0 Å². The van der Waals surface area contributed by atoms with Crippen molar-refractivity contribution in [2.45, 2.75) is 102 Å². The van der Waals surface area contributed by atoms with E-state index in [0.717, 1.165) is 58.9 Å². The molecule has 1 aromatic heterocycles. The topological polar surface area (TPSA) is 168 Å². The SMILES string of the molecule is CC(C)(C)[Si](C)(C)O[C@@H](CNCc1ccc(NC(=O)CC/C=C/c2ccc(-c3ccccc3)c(NC(=O)O[C@H]3CC[C@H](N)CC3)c2)cc1)c1ccc(O)c2[nH]c(=O)ccc12. The van der Waals surface area contributed by atoms with E-state index in [2.05, 4.69) is 54.8 Å². The van der Waals surface area contributed by atoms with Gasteiger partial charge in [0.25, 0.3) is 0 Å². The molecule has 1 atom stereocenters. The third kappa shape index (κ3) is 11.8. The molecular formula is C48H59N5O6Si. The molecule has 11 nitrogen and oxygen atoms in total. The van der Waals surface area contributed by atoms with Crippen LogP contribution in [0.3, 0.4) is 0 Å². The number of rotatable bonds is 15. The van der Waals surface area contributed by atoms with Gasteiger partial charge in [0.1, 0.15) is 11.9 Å². The van der Waals surface area contributed by atoms with Gasteiger partial charge in [0.05, 0.1) is 17.3 Å². The molecular weight excluding hydrogens is 771 g/mol. The molecule has 1 aliphatic carbocycles. The lowest BCUT2D eigenvalue weighted by atomic mass is 9.94. The van der Waals surface area contributed by atoms with Crippen LogP contribution in [0, 0.1) is 0 Å². The number of ether oxygens (including phenoxy) is 1. The van der Waals surface area contributed by atoms with E-state index in [1.807, 2.05) is 91.0 Å². The van der Waals surface area contributed by atoms with Crippen LogP contribution in [0.25, 0.3) is 28.1 Å². The van der Waals surface area contributed by atoms with Crippen molar-refractivity contribution in [1.82, 2.24) is 10.3 Å². The largest absolute Gasteiger partial charge is 0.506 e. The van der Waals surface area contributed by atoms with Crippen LogP contribution in [0.4, 0.5) is 16.2 Å². The predicted octanol–water partition coefficient (Wildman–Crippen LogP) is 10.0. The van der Waals surface area contributed by atoms with Gasteiger partial charge < -0.3 is 35.6 Å². The van der Waals surface area contributed by atoms with Gasteiger partial charge in [0.15, 0.2) is 8.32 Å². The Morgan fingerprint density at radius 3 is 2.38 bits per heavy atom. The molecule has 12 heteroatoms. The van der Waals surface area contributed by atoms with Gasteiger partial charge in [0.2, 0.25) is 11.5 Å². The Morgan fingerprint density at radius 2 is 1.67 bits per heavy atom. The Balaban J connectivity index is 1.02. The molecule has 2 amide bonds. The van der Waals surface area contributed by atoms with Gasteiger partial charge in [-0.1, -0.05) is 93.6 Å². The quantitative estimate of drug-likeness (QED) is 0.0567. The average Bonchev–Trinajstić information content (AvgIpc) is 3.21. The van der Waals surface area contributed by atoms with Crippen LogP contribution in [-0.2, 0) is 20.5 Å². The molecule has 0 spiro atoms. The average molecular weight is 830 g/mol. The Bertz CT molecular complexity index is 2330. The molecule has 0 radical (unpaired) electrons. The molecule has 5 aromatic rings. The second-order valence-electron chi connectivity index (χ2n) is 17.2. The Labute approximate surface area is 353 Å². The molecule has 4 aromatic carbocycles. The van der Waals surface area contributed by atoms with Crippen LogP contribution in [-0.4, -0.2) is 49.1 Å². The molecule has 0 aliphatic heterocycles. The van der Waals surface area contributed by atoms with Gasteiger partial charge in [-0.15, -0.1) is 0 Å². The number of carbonyl (C=O) groups excluding carboxylic acids is 2. The molecule has 1 fully saturated rings. The number of pyridine rings is 1. The number of benzene rings is 4. The highest BCUT2D eigenvalue weighted by molar-refractivity contribution is 6.74. The summed E-state index contributed by atoms with van der Waals surface area (Å²) in [4.78, 5) is 40.7. The van der Waals surface area contributed by atoms with Gasteiger partial charge in [-0.3, -0.25) is 14.9 Å². The number of fused-ring (bicyclic) bond motifs is 1. The van der Waals surface area contributed by atoms with Gasteiger partial charge in [-0.25, -0.2) is 4.79 Å². The number of allylic oxidation sites excluding steroid dienone is 1. The third-order valence-corrected chi connectivity index (χ3v) is 16.1. The van der Waals surface area contributed by atoms with E-state index in [9.17, 15) is 19.5 Å². The van der Waals surface area contributed by atoms with E-state index in [-0.39, 0.29) is 40.5 Å². The summed E-state index contributed by atoms with van der Waals surface area (Å²) in [5.41, 5.74) is 12.2. The Morgan fingerprint density at radius 1 is 0.933 bits per heavy atom. The number of aromatic hydroxyl groups is 1. The maximum Gasteiger partial charge on any atom is 0.411 e. The standard InChI is InChI=1S/C48H59N5O6Si/c1-48(2,3)60(4,5)59-43(39-25-27-42(54)46-40(39)26-28-45(56)53-46)31-50-30-33-15-20-36(21-16-33)51-44(55)14-10-9-11-32-17-24-38(34-12-7-6-8-13-34)41(29-32)52-47(57)58-37-22-18-35(49)19-23-37/h6-9,11-13,15-17,20-21,24-29,35,37,43,50,54H,10,14,18-19,22-23,30-31,49H2,1-5H3,(H,51,55)(H,52,57)(H,53,56)/b11-9+/t35-,37-,43-/m0/s1. The van der Waals surface area contributed by atoms with Crippen molar-refractivity contribution in [3.63, 3.8) is 0 Å². The third-order valence-electron chi connectivity index (χ3n) is 11.6. The van der Waals surface area contributed by atoms with Crippen molar-refractivity contribution >= 4 is 48.7 Å². The van der Waals surface area contributed by atoms with Crippen molar-refractivity contribution in [2.75, 3.05) is 17.2 Å². The number of amides is 2. The number of aromatic nitrogens is 1. The zero-order valence-electron chi connectivity index (χ0n) is 35.3. The number of hydrogen-bond donors (Lipinski definition) is 6. The highest BCUT2D eigenvalue weighted by Crippen LogP contribution is 2.41. The highest BCUT2D eigenvalue weighted by atomic mass is 28.4. The number of hydrogen-bond acceptors (Lipinski definition) is 8. The zero-order chi connectivity index (χ0) is 42.9. The first kappa shape index (κ1) is 44.0. The van der Waals surface area contributed by atoms with Crippen LogP contribution in [0.5, 0.6) is 5.75 Å². The molecule has 0 saturated heterocycles. The summed E-state index contributed by atoms with van der Waals surface area (Å²) in [6.07, 6.45) is 7.04. The minimum absolute atomic E-state index is 0.0173. The number of phenolic OH excluding ortho intramolecular Hbond substituents is 1. The van der Waals surface area contributed by atoms with E-state index in [4.69, 9.17) is 14.9 Å². The number of phenols is 1. The predicted molar refractivity (Wildman–Crippen MR) is 245 cm³/mol. The summed E-state index contributed by atoms with van der Waals surface area (Å²) in [6.45, 7) is 12.1. The molecule has 1 saturated carbocycles. The fraction of sp³-hybridized carbons (Fsp3) is 0.354. The fourth-order valence-corrected chi connectivity index (χ4v) is 8.41. The van der Waals surface area contributed by atoms with Gasteiger partial charge in [-0.05, 0) is 103 Å². The molecule has 1 heterocycles. The molecule has 316 valence electrons. The van der Waals surface area contributed by atoms with Crippen molar-refractivity contribution in [2.24, 2.45) is 5.73 Å². The summed E-state index contributed by atoms with van der Waals surface area (Å²) < 4.78 is 12.7. The molecule has 1 aliphatic rings. The normalized spacial score (nSPS) is 16.4. The fourth-order valence-electron chi connectivity index (χ4n) is 7.13. The smallest absolute Gasteiger partial charge is 0.411 e. The van der Waals surface area contributed by atoms with E-state index in [0.29, 0.717) is 42.8 Å². The van der Waals surface area contributed by atoms with Crippen molar-refractivity contribution in [3.8, 4) is 16.9 Å². The zero-order valence-corrected chi connectivity index (χ0v) is 36.3. The van der Waals surface area contributed by atoms with Crippen molar-refractivity contribution < 1.29 is 23.9 Å². The Kier molecular flexibility index (Phi) is 14.4. The first-order chi connectivity index (χ1) is 28.6. The first-order valence-electron chi connectivity index (χ1n) is 20.9. The second-order valence-corrected chi connectivity index (χ2v) is 22.0. The number of aromatic amines is 1. The van der Waals surface area contributed by atoms with E-state index >= 15 is 0 Å².